The molecule has 4 heterocycles. The number of carbonyl (C=O) groups is 3. The first-order valence-electron chi connectivity index (χ1n) is 15.9. The first-order chi connectivity index (χ1) is 20.2. The number of amides is 3. The van der Waals surface area contributed by atoms with Crippen LogP contribution >= 0.6 is 11.8 Å². The average molecular weight is 595 g/mol. The highest BCUT2D eigenvalue weighted by atomic mass is 32.2. The Morgan fingerprint density at radius 1 is 1.07 bits per heavy atom. The third-order valence-corrected chi connectivity index (χ3v) is 11.6. The predicted molar refractivity (Wildman–Crippen MR) is 165 cm³/mol. The van der Waals surface area contributed by atoms with Gasteiger partial charge in [-0.25, -0.2) is 0 Å². The summed E-state index contributed by atoms with van der Waals surface area (Å²) < 4.78 is 6.57. The zero-order chi connectivity index (χ0) is 29.6. The minimum absolute atomic E-state index is 0.0705. The summed E-state index contributed by atoms with van der Waals surface area (Å²) in [6.07, 6.45) is 12.0. The Morgan fingerprint density at radius 3 is 2.69 bits per heavy atom. The molecule has 1 aliphatic carbocycles. The predicted octanol–water partition coefficient (Wildman–Crippen LogP) is 4.31. The number of hydrogen-bond donors (Lipinski definition) is 2. The molecule has 4 aliphatic heterocycles. The van der Waals surface area contributed by atoms with Crippen molar-refractivity contribution in [2.45, 2.75) is 94.0 Å². The van der Waals surface area contributed by atoms with E-state index in [1.54, 1.807) is 16.7 Å². The number of likely N-dealkylation sites (tertiary alicyclic amines) is 2. The van der Waals surface area contributed by atoms with Crippen LogP contribution in [0.1, 0.15) is 59.3 Å². The molecule has 6 rings (SSSR count). The number of anilines is 1. The summed E-state index contributed by atoms with van der Waals surface area (Å²) in [7, 11) is 0. The van der Waals surface area contributed by atoms with Crippen molar-refractivity contribution >= 4 is 35.2 Å². The zero-order valence-corrected chi connectivity index (χ0v) is 26.2. The Labute approximate surface area is 254 Å². The molecule has 9 atom stereocenters. The maximum absolute atomic E-state index is 14.3. The second-order valence-electron chi connectivity index (χ2n) is 13.2. The number of thioether (sulfide) groups is 1. The highest BCUT2D eigenvalue weighted by Gasteiger charge is 2.72. The normalized spacial score (nSPS) is 37.6. The van der Waals surface area contributed by atoms with Crippen LogP contribution in [0.2, 0.25) is 0 Å². The minimum Gasteiger partial charge on any atom is -0.359 e. The topological polar surface area (TPSA) is 91.0 Å². The fourth-order valence-electron chi connectivity index (χ4n) is 8.21. The minimum atomic E-state index is -1.13. The van der Waals surface area contributed by atoms with E-state index in [9.17, 15) is 14.4 Å². The summed E-state index contributed by atoms with van der Waals surface area (Å²) in [4.78, 5) is 47.6. The van der Waals surface area contributed by atoms with Crippen molar-refractivity contribution in [1.29, 1.82) is 0 Å². The first kappa shape index (κ1) is 29.7. The van der Waals surface area contributed by atoms with Gasteiger partial charge in [0.15, 0.2) is 0 Å². The van der Waals surface area contributed by atoms with Crippen LogP contribution in [0.25, 0.3) is 0 Å². The van der Waals surface area contributed by atoms with Gasteiger partial charge < -0.3 is 20.3 Å². The van der Waals surface area contributed by atoms with Gasteiger partial charge in [-0.3, -0.25) is 19.3 Å². The van der Waals surface area contributed by atoms with E-state index in [1.165, 1.54) is 12.8 Å². The third kappa shape index (κ3) is 5.19. The van der Waals surface area contributed by atoms with Gasteiger partial charge in [0.2, 0.25) is 17.7 Å². The van der Waals surface area contributed by atoms with Gasteiger partial charge >= 0.3 is 0 Å². The number of ether oxygens (including phenoxy) is 1. The molecule has 4 fully saturated rings. The maximum Gasteiger partial charge on any atom is 0.246 e. The molecule has 9 heteroatoms. The molecule has 0 radical (unpaired) electrons. The third-order valence-electron chi connectivity index (χ3n) is 10.9. The Balaban J connectivity index is 1.28. The highest BCUT2D eigenvalue weighted by Crippen LogP contribution is 2.55. The Morgan fingerprint density at radius 2 is 1.90 bits per heavy atom. The van der Waals surface area contributed by atoms with Crippen LogP contribution in [0, 0.1) is 23.7 Å². The molecule has 3 saturated heterocycles. The molecule has 8 nitrogen and oxygen atoms in total. The lowest BCUT2D eigenvalue weighted by Crippen LogP contribution is -2.58. The van der Waals surface area contributed by atoms with E-state index in [2.05, 4.69) is 36.3 Å². The largest absolute Gasteiger partial charge is 0.359 e. The van der Waals surface area contributed by atoms with E-state index in [1.807, 2.05) is 42.7 Å². The standard InChI is InChI=1S/C33H46N4O4S/c1-20-9-7-13-25(22(20)3)35-31(39)29-33-15-14-26(41-33)27(30(38)34-23-11-8-12-24(19-23)42-4)28(33)32(40)37(29)18-17-36-16-6-5-10-21(36)2/h8,11-12,14-15,19-22,25-29H,5-7,9-10,13,16-18H2,1-4H3,(H,34,38)(H,35,39)/t20-,21+,22-,25+,26-,27+,28-,29-,33-/m0/s1. The maximum atomic E-state index is 14.3. The molecule has 1 saturated carbocycles. The van der Waals surface area contributed by atoms with Gasteiger partial charge in [0.25, 0.3) is 0 Å². The van der Waals surface area contributed by atoms with Gasteiger partial charge in [-0.05, 0) is 69.0 Å². The number of hydrogen-bond acceptors (Lipinski definition) is 6. The van der Waals surface area contributed by atoms with Crippen LogP contribution in [-0.2, 0) is 19.1 Å². The van der Waals surface area contributed by atoms with E-state index in [0.29, 0.717) is 36.7 Å². The SMILES string of the molecule is CSc1cccc(NC(=O)[C@@H]2[C@@H]3C=C[C@]4(O3)[C@@H]2C(=O)N(CCN2CCCC[C@H]2C)[C@H]4C(=O)N[C@@H]2CCC[C@H](C)[C@@H]2C)c1. The molecule has 1 aromatic carbocycles. The van der Waals surface area contributed by atoms with Gasteiger partial charge in [-0.15, -0.1) is 11.8 Å². The Kier molecular flexibility index (Phi) is 8.46. The van der Waals surface area contributed by atoms with Crippen molar-refractivity contribution < 1.29 is 19.1 Å². The summed E-state index contributed by atoms with van der Waals surface area (Å²) in [5.74, 6) is -1.05. The number of carbonyl (C=O) groups excluding carboxylic acids is 3. The fourth-order valence-corrected chi connectivity index (χ4v) is 8.67. The van der Waals surface area contributed by atoms with Crippen LogP contribution in [0.4, 0.5) is 5.69 Å². The van der Waals surface area contributed by atoms with Crippen LogP contribution in [0.15, 0.2) is 41.3 Å². The number of piperidine rings is 1. The fraction of sp³-hybridized carbons (Fsp3) is 0.667. The molecule has 5 aliphatic rings. The van der Waals surface area contributed by atoms with Crippen LogP contribution in [0.3, 0.4) is 0 Å². The number of rotatable bonds is 8. The van der Waals surface area contributed by atoms with Crippen molar-refractivity contribution in [3.63, 3.8) is 0 Å². The van der Waals surface area contributed by atoms with Crippen molar-refractivity contribution in [3.8, 4) is 0 Å². The van der Waals surface area contributed by atoms with E-state index >= 15 is 0 Å². The summed E-state index contributed by atoms with van der Waals surface area (Å²) in [5.41, 5.74) is -0.435. The average Bonchev–Trinajstić information content (AvgIpc) is 3.62. The monoisotopic (exact) mass is 594 g/mol. The van der Waals surface area contributed by atoms with E-state index in [0.717, 1.165) is 37.1 Å². The lowest BCUT2D eigenvalue weighted by atomic mass is 9.73. The molecule has 42 heavy (non-hydrogen) atoms. The summed E-state index contributed by atoms with van der Waals surface area (Å²) in [6, 6.07) is 7.44. The van der Waals surface area contributed by atoms with E-state index in [4.69, 9.17) is 4.74 Å². The number of benzene rings is 1. The smallest absolute Gasteiger partial charge is 0.246 e. The van der Waals surface area contributed by atoms with Gasteiger partial charge in [-0.2, -0.15) is 0 Å². The van der Waals surface area contributed by atoms with Crippen LogP contribution in [0.5, 0.6) is 0 Å². The lowest BCUT2D eigenvalue weighted by Gasteiger charge is -2.39. The molecule has 3 amide bonds. The first-order valence-corrected chi connectivity index (χ1v) is 17.1. The van der Waals surface area contributed by atoms with Crippen LogP contribution in [-0.4, -0.2) is 83.2 Å². The van der Waals surface area contributed by atoms with Gasteiger partial charge in [0.1, 0.15) is 11.6 Å². The van der Waals surface area contributed by atoms with E-state index < -0.39 is 29.6 Å². The quantitative estimate of drug-likeness (QED) is 0.344. The molecular formula is C33H46N4O4S. The number of nitrogens with one attached hydrogen (secondary N) is 2. The molecule has 1 aromatic rings. The van der Waals surface area contributed by atoms with Gasteiger partial charge in [-0.1, -0.05) is 51.3 Å². The van der Waals surface area contributed by atoms with E-state index in [-0.39, 0.29) is 23.8 Å². The van der Waals surface area contributed by atoms with Crippen molar-refractivity contribution in [2.24, 2.45) is 23.7 Å². The van der Waals surface area contributed by atoms with Crippen molar-refractivity contribution in [3.05, 3.63) is 36.4 Å². The molecule has 0 aromatic heterocycles. The van der Waals surface area contributed by atoms with Gasteiger partial charge in [0, 0.05) is 35.8 Å². The summed E-state index contributed by atoms with van der Waals surface area (Å²) in [5, 5.41) is 6.41. The zero-order valence-electron chi connectivity index (χ0n) is 25.4. The second-order valence-corrected chi connectivity index (χ2v) is 14.1. The Hall–Kier alpha value is -2.36. The van der Waals surface area contributed by atoms with Crippen molar-refractivity contribution in [1.82, 2.24) is 15.1 Å². The molecule has 0 unspecified atom stereocenters. The number of fused-ring (bicyclic) bond motifs is 1. The molecular weight excluding hydrogens is 548 g/mol. The van der Waals surface area contributed by atoms with Gasteiger partial charge in [0.05, 0.1) is 17.9 Å². The Bertz CT molecular complexity index is 1240. The van der Waals surface area contributed by atoms with Crippen molar-refractivity contribution in [2.75, 3.05) is 31.2 Å². The summed E-state index contributed by atoms with van der Waals surface area (Å²) >= 11 is 1.61. The molecule has 228 valence electrons. The molecule has 2 N–H and O–H groups in total. The lowest BCUT2D eigenvalue weighted by molar-refractivity contribution is -0.142. The molecule has 1 spiro atoms. The second kappa shape index (κ2) is 12.0. The highest BCUT2D eigenvalue weighted by molar-refractivity contribution is 7.98. The van der Waals surface area contributed by atoms with Crippen LogP contribution < -0.4 is 10.6 Å². The molecule has 2 bridgehead atoms. The number of nitrogens with zero attached hydrogens (tertiary/aromatic N) is 2. The summed E-state index contributed by atoms with van der Waals surface area (Å²) in [6.45, 7) is 8.88.